The Morgan fingerprint density at radius 2 is 1.71 bits per heavy atom. The third kappa shape index (κ3) is 7.23. The topological polar surface area (TPSA) is 106 Å². The number of hydrogen-bond acceptors (Lipinski definition) is 7. The van der Waals surface area contributed by atoms with Crippen LogP contribution in [0.15, 0.2) is 59.4 Å². The highest BCUT2D eigenvalue weighted by Crippen LogP contribution is 2.31. The van der Waals surface area contributed by atoms with Crippen LogP contribution in [-0.2, 0) is 11.3 Å². The number of nitrogens with zero attached hydrogens (tertiary/aromatic N) is 4. The average Bonchev–Trinajstić information content (AvgIpc) is 3.29. The zero-order chi connectivity index (χ0) is 30.6. The van der Waals surface area contributed by atoms with Crippen LogP contribution in [0.4, 0.5) is 4.79 Å². The summed E-state index contributed by atoms with van der Waals surface area (Å²) in [4.78, 5) is 47.8. The number of nitrogens with one attached hydrogen (secondary N) is 1. The van der Waals surface area contributed by atoms with E-state index in [1.54, 1.807) is 42.4 Å². The molecule has 1 unspecified atom stereocenters. The number of carbonyl (C=O) groups excluding carboxylic acids is 2. The molecule has 0 bridgehead atoms. The van der Waals surface area contributed by atoms with Gasteiger partial charge in [0.15, 0.2) is 4.83 Å². The molecule has 1 N–H and O–H groups in total. The van der Waals surface area contributed by atoms with E-state index in [0.717, 1.165) is 11.1 Å². The summed E-state index contributed by atoms with van der Waals surface area (Å²) < 4.78 is 11.5. The van der Waals surface area contributed by atoms with Crippen molar-refractivity contribution in [3.05, 3.63) is 93.2 Å². The van der Waals surface area contributed by atoms with Crippen LogP contribution in [0.2, 0.25) is 0 Å². The SMILES string of the molecule is Cc1ccc(C(=O)N(CCNC(=O)OC(C)(C)C)C(c2nc3snc(C)c3c(=O)n2Cc2ccccc2)C(C)C)cc1. The molecular weight excluding hydrogens is 550 g/mol. The van der Waals surface area contributed by atoms with Crippen molar-refractivity contribution in [1.29, 1.82) is 0 Å². The summed E-state index contributed by atoms with van der Waals surface area (Å²) in [6, 6.07) is 16.5. The second-order valence-electron chi connectivity index (χ2n) is 11.8. The van der Waals surface area contributed by atoms with Gasteiger partial charge in [0.05, 0.1) is 23.7 Å². The number of hydrogen-bond donors (Lipinski definition) is 1. The van der Waals surface area contributed by atoms with Crippen molar-refractivity contribution in [1.82, 2.24) is 24.1 Å². The van der Waals surface area contributed by atoms with Gasteiger partial charge in [0.1, 0.15) is 11.4 Å². The van der Waals surface area contributed by atoms with E-state index >= 15 is 0 Å². The minimum absolute atomic E-state index is 0.124. The fourth-order valence-corrected chi connectivity index (χ4v) is 5.62. The molecule has 2 amide bonds. The van der Waals surface area contributed by atoms with Crippen molar-refractivity contribution >= 4 is 33.7 Å². The van der Waals surface area contributed by atoms with Gasteiger partial charge in [0, 0.05) is 18.7 Å². The number of amides is 2. The average molecular weight is 590 g/mol. The number of benzene rings is 2. The van der Waals surface area contributed by atoms with Crippen LogP contribution >= 0.6 is 11.5 Å². The third-order valence-corrected chi connectivity index (χ3v) is 7.63. The van der Waals surface area contributed by atoms with E-state index in [-0.39, 0.29) is 30.5 Å². The number of aryl methyl sites for hydroxylation is 2. The van der Waals surface area contributed by atoms with Gasteiger partial charge in [-0.25, -0.2) is 9.78 Å². The minimum atomic E-state index is -0.651. The Hall–Kier alpha value is -4.05. The Morgan fingerprint density at radius 1 is 1.05 bits per heavy atom. The molecule has 0 aliphatic carbocycles. The van der Waals surface area contributed by atoms with Gasteiger partial charge in [-0.05, 0) is 69.8 Å². The van der Waals surface area contributed by atoms with Crippen LogP contribution in [0.25, 0.3) is 10.2 Å². The first kappa shape index (κ1) is 30.9. The molecule has 0 aliphatic heterocycles. The van der Waals surface area contributed by atoms with Gasteiger partial charge >= 0.3 is 6.09 Å². The lowest BCUT2D eigenvalue weighted by Gasteiger charge is -2.35. The molecule has 2 aromatic carbocycles. The van der Waals surface area contributed by atoms with E-state index < -0.39 is 17.7 Å². The van der Waals surface area contributed by atoms with Gasteiger partial charge in [-0.2, -0.15) is 4.37 Å². The summed E-state index contributed by atoms with van der Waals surface area (Å²) in [7, 11) is 0. The number of ether oxygens (including phenoxy) is 1. The molecule has 42 heavy (non-hydrogen) atoms. The highest BCUT2D eigenvalue weighted by molar-refractivity contribution is 7.12. The molecule has 9 nitrogen and oxygen atoms in total. The van der Waals surface area contributed by atoms with E-state index in [9.17, 15) is 14.4 Å². The zero-order valence-corrected chi connectivity index (χ0v) is 26.1. The first-order valence-electron chi connectivity index (χ1n) is 14.1. The van der Waals surface area contributed by atoms with E-state index in [1.807, 2.05) is 70.2 Å². The fourth-order valence-electron chi connectivity index (χ4n) is 4.85. The van der Waals surface area contributed by atoms with Crippen molar-refractivity contribution in [2.75, 3.05) is 13.1 Å². The highest BCUT2D eigenvalue weighted by atomic mass is 32.1. The molecule has 0 saturated heterocycles. The summed E-state index contributed by atoms with van der Waals surface area (Å²) in [6.45, 7) is 13.8. The van der Waals surface area contributed by atoms with E-state index in [1.165, 1.54) is 11.5 Å². The predicted octanol–water partition coefficient (Wildman–Crippen LogP) is 5.88. The number of rotatable bonds is 9. The number of alkyl carbamates (subject to hydrolysis) is 1. The van der Waals surface area contributed by atoms with Gasteiger partial charge < -0.3 is 15.0 Å². The Morgan fingerprint density at radius 3 is 2.33 bits per heavy atom. The van der Waals surface area contributed by atoms with Crippen LogP contribution in [0.1, 0.15) is 73.7 Å². The summed E-state index contributed by atoms with van der Waals surface area (Å²) >= 11 is 1.18. The lowest BCUT2D eigenvalue weighted by Crippen LogP contribution is -2.45. The second-order valence-corrected chi connectivity index (χ2v) is 12.5. The van der Waals surface area contributed by atoms with Crippen molar-refractivity contribution in [2.45, 2.75) is 66.7 Å². The molecule has 2 aromatic heterocycles. The molecule has 10 heteroatoms. The Bertz CT molecular complexity index is 1600. The highest BCUT2D eigenvalue weighted by Gasteiger charge is 2.33. The van der Waals surface area contributed by atoms with Gasteiger partial charge in [0.2, 0.25) is 0 Å². The van der Waals surface area contributed by atoms with E-state index in [4.69, 9.17) is 9.72 Å². The molecule has 0 saturated carbocycles. The lowest BCUT2D eigenvalue weighted by molar-refractivity contribution is 0.0486. The standard InChI is InChI=1S/C32H39N5O4S/c1-20(2)26(27-34-28-25(22(4)35-42-28)30(39)37(27)19-23-11-9-8-10-12-23)36(18-17-33-31(40)41-32(5,6)7)29(38)24-15-13-21(3)14-16-24/h8-16,20,26H,17-19H2,1-7H3,(H,33,40). The normalized spacial score (nSPS) is 12.4. The maximum absolute atomic E-state index is 14.2. The molecular formula is C32H39N5O4S. The summed E-state index contributed by atoms with van der Waals surface area (Å²) in [6.07, 6.45) is -0.563. The van der Waals surface area contributed by atoms with Crippen molar-refractivity contribution in [3.63, 3.8) is 0 Å². The first-order valence-corrected chi connectivity index (χ1v) is 14.9. The van der Waals surface area contributed by atoms with Crippen molar-refractivity contribution in [2.24, 2.45) is 5.92 Å². The summed E-state index contributed by atoms with van der Waals surface area (Å²) in [5, 5.41) is 3.27. The smallest absolute Gasteiger partial charge is 0.407 e. The number of aromatic nitrogens is 3. The lowest BCUT2D eigenvalue weighted by atomic mass is 9.99. The monoisotopic (exact) mass is 589 g/mol. The van der Waals surface area contributed by atoms with Crippen LogP contribution < -0.4 is 10.9 Å². The number of carbonyl (C=O) groups is 2. The maximum atomic E-state index is 14.2. The largest absolute Gasteiger partial charge is 0.444 e. The molecule has 4 rings (SSSR count). The zero-order valence-electron chi connectivity index (χ0n) is 25.3. The predicted molar refractivity (Wildman–Crippen MR) is 166 cm³/mol. The minimum Gasteiger partial charge on any atom is -0.444 e. The van der Waals surface area contributed by atoms with Crippen LogP contribution in [0, 0.1) is 19.8 Å². The molecule has 4 aromatic rings. The van der Waals surface area contributed by atoms with Crippen molar-refractivity contribution in [3.8, 4) is 0 Å². The maximum Gasteiger partial charge on any atom is 0.407 e. The molecule has 0 spiro atoms. The number of fused-ring (bicyclic) bond motifs is 1. The van der Waals surface area contributed by atoms with Gasteiger partial charge in [-0.1, -0.05) is 61.9 Å². The quantitative estimate of drug-likeness (QED) is 0.261. The molecule has 1 atom stereocenters. The second kappa shape index (κ2) is 12.9. The fraction of sp³-hybridized carbons (Fsp3) is 0.406. The van der Waals surface area contributed by atoms with E-state index in [0.29, 0.717) is 33.8 Å². The van der Waals surface area contributed by atoms with Gasteiger partial charge in [-0.15, -0.1) is 0 Å². The molecule has 0 fully saturated rings. The first-order chi connectivity index (χ1) is 19.9. The van der Waals surface area contributed by atoms with Crippen LogP contribution in [0.5, 0.6) is 0 Å². The summed E-state index contributed by atoms with van der Waals surface area (Å²) in [5.74, 6) is 0.134. The van der Waals surface area contributed by atoms with Crippen molar-refractivity contribution < 1.29 is 14.3 Å². The van der Waals surface area contributed by atoms with Crippen LogP contribution in [-0.4, -0.2) is 49.5 Å². The van der Waals surface area contributed by atoms with Gasteiger partial charge in [-0.3, -0.25) is 14.2 Å². The van der Waals surface area contributed by atoms with Crippen LogP contribution in [0.3, 0.4) is 0 Å². The third-order valence-electron chi connectivity index (χ3n) is 6.79. The molecule has 2 heterocycles. The molecule has 0 aliphatic rings. The summed E-state index contributed by atoms with van der Waals surface area (Å²) in [5.41, 5.74) is 2.28. The molecule has 0 radical (unpaired) electrons. The Balaban J connectivity index is 1.82. The Kier molecular flexibility index (Phi) is 9.46. The van der Waals surface area contributed by atoms with E-state index in [2.05, 4.69) is 9.69 Å². The molecule has 222 valence electrons. The van der Waals surface area contributed by atoms with Gasteiger partial charge in [0.25, 0.3) is 11.5 Å². The Labute approximate surface area is 250 Å².